The zero-order chi connectivity index (χ0) is 16.0. The molecule has 1 saturated carbocycles. The molecular weight excluding hydrogens is 290 g/mol. The van der Waals surface area contributed by atoms with Gasteiger partial charge in [-0.25, -0.2) is 4.99 Å². The van der Waals surface area contributed by atoms with Crippen LogP contribution in [0.2, 0.25) is 0 Å². The Morgan fingerprint density at radius 3 is 2.70 bits per heavy atom. The van der Waals surface area contributed by atoms with Crippen molar-refractivity contribution in [1.29, 1.82) is 0 Å². The predicted molar refractivity (Wildman–Crippen MR) is 92.5 cm³/mol. The summed E-state index contributed by atoms with van der Waals surface area (Å²) in [5.74, 6) is 1.59. The molecule has 6 heteroatoms. The van der Waals surface area contributed by atoms with Gasteiger partial charge in [-0.05, 0) is 56.9 Å². The molecule has 4 rings (SSSR count). The molecule has 1 aliphatic carbocycles. The van der Waals surface area contributed by atoms with Gasteiger partial charge in [-0.15, -0.1) is 0 Å². The zero-order valence-corrected chi connectivity index (χ0v) is 13.2. The maximum absolute atomic E-state index is 6.25. The van der Waals surface area contributed by atoms with E-state index >= 15 is 0 Å². The van der Waals surface area contributed by atoms with Crippen LogP contribution >= 0.6 is 0 Å². The SMILES string of the molecule is Cc1cc2cc(N3C(N)=NC(N)=NC34CCCCC4)ccc2o1. The van der Waals surface area contributed by atoms with Crippen molar-refractivity contribution in [2.24, 2.45) is 21.5 Å². The van der Waals surface area contributed by atoms with Gasteiger partial charge in [0.2, 0.25) is 11.9 Å². The number of furan rings is 1. The fourth-order valence-corrected chi connectivity index (χ4v) is 3.80. The lowest BCUT2D eigenvalue weighted by molar-refractivity contribution is 0.305. The van der Waals surface area contributed by atoms with E-state index in [1.54, 1.807) is 0 Å². The minimum Gasteiger partial charge on any atom is -0.461 e. The first-order valence-corrected chi connectivity index (χ1v) is 8.07. The third kappa shape index (κ3) is 2.25. The van der Waals surface area contributed by atoms with Crippen LogP contribution in [0.5, 0.6) is 0 Å². The average Bonchev–Trinajstić information content (AvgIpc) is 2.86. The Balaban J connectivity index is 1.83. The van der Waals surface area contributed by atoms with E-state index in [4.69, 9.17) is 20.9 Å². The van der Waals surface area contributed by atoms with Crippen LogP contribution in [-0.4, -0.2) is 17.6 Å². The lowest BCUT2D eigenvalue weighted by Crippen LogP contribution is -2.58. The van der Waals surface area contributed by atoms with E-state index in [2.05, 4.69) is 11.1 Å². The van der Waals surface area contributed by atoms with E-state index in [1.165, 1.54) is 6.42 Å². The highest BCUT2D eigenvalue weighted by Crippen LogP contribution is 2.40. The molecule has 2 aromatic rings. The fraction of sp³-hybridized carbons (Fsp3) is 0.412. The number of rotatable bonds is 1. The number of guanidine groups is 2. The number of anilines is 1. The first kappa shape index (κ1) is 14.1. The standard InChI is InChI=1S/C17H21N5O/c1-11-9-12-10-13(5-6-14(12)23-11)22-16(19)20-15(18)21-17(22)7-3-2-4-8-17/h5-6,9-10H,2-4,7-8H2,1H3,(H4,18,19,20,21). The molecule has 0 saturated heterocycles. The molecule has 1 fully saturated rings. The van der Waals surface area contributed by atoms with Gasteiger partial charge < -0.3 is 15.9 Å². The van der Waals surface area contributed by atoms with Crippen molar-refractivity contribution >= 4 is 28.6 Å². The Kier molecular flexibility index (Phi) is 3.07. The summed E-state index contributed by atoms with van der Waals surface area (Å²) in [5, 5.41) is 1.06. The summed E-state index contributed by atoms with van der Waals surface area (Å²) in [5.41, 5.74) is 13.6. The topological polar surface area (TPSA) is 93.1 Å². The number of hydrogen-bond acceptors (Lipinski definition) is 6. The van der Waals surface area contributed by atoms with Crippen LogP contribution < -0.4 is 16.4 Å². The van der Waals surface area contributed by atoms with E-state index in [0.717, 1.165) is 48.1 Å². The molecule has 2 heterocycles. The van der Waals surface area contributed by atoms with E-state index in [-0.39, 0.29) is 5.96 Å². The van der Waals surface area contributed by atoms with Crippen LogP contribution in [0.4, 0.5) is 5.69 Å². The molecule has 4 N–H and O–H groups in total. The normalized spacial score (nSPS) is 20.7. The smallest absolute Gasteiger partial charge is 0.220 e. The van der Waals surface area contributed by atoms with Crippen LogP contribution in [0.1, 0.15) is 37.9 Å². The van der Waals surface area contributed by atoms with E-state index < -0.39 is 5.66 Å². The summed E-state index contributed by atoms with van der Waals surface area (Å²) >= 11 is 0. The highest BCUT2D eigenvalue weighted by atomic mass is 16.3. The summed E-state index contributed by atoms with van der Waals surface area (Å²) in [7, 11) is 0. The van der Waals surface area contributed by atoms with Crippen LogP contribution in [0, 0.1) is 6.92 Å². The van der Waals surface area contributed by atoms with Gasteiger partial charge in [0.25, 0.3) is 0 Å². The molecule has 1 spiro atoms. The Morgan fingerprint density at radius 2 is 1.91 bits per heavy atom. The average molecular weight is 311 g/mol. The molecule has 0 amide bonds. The predicted octanol–water partition coefficient (Wildman–Crippen LogP) is 2.85. The molecule has 0 radical (unpaired) electrons. The quantitative estimate of drug-likeness (QED) is 0.847. The first-order valence-electron chi connectivity index (χ1n) is 8.07. The molecule has 1 aliphatic heterocycles. The number of aliphatic imine (C=N–C) groups is 2. The molecule has 0 bridgehead atoms. The van der Waals surface area contributed by atoms with Crippen molar-refractivity contribution in [3.63, 3.8) is 0 Å². The van der Waals surface area contributed by atoms with E-state index in [1.807, 2.05) is 30.0 Å². The molecule has 6 nitrogen and oxygen atoms in total. The van der Waals surface area contributed by atoms with Gasteiger partial charge in [0, 0.05) is 11.1 Å². The highest BCUT2D eigenvalue weighted by molar-refractivity contribution is 6.06. The maximum atomic E-state index is 6.25. The second kappa shape index (κ2) is 5.01. The highest BCUT2D eigenvalue weighted by Gasteiger charge is 2.42. The molecule has 0 atom stereocenters. The van der Waals surface area contributed by atoms with Crippen molar-refractivity contribution in [2.45, 2.75) is 44.7 Å². The number of benzene rings is 1. The van der Waals surface area contributed by atoms with Crippen LogP contribution in [0.15, 0.2) is 38.7 Å². The summed E-state index contributed by atoms with van der Waals surface area (Å²) in [4.78, 5) is 10.9. The molecule has 1 aromatic carbocycles. The minimum atomic E-state index is -0.402. The number of aryl methyl sites for hydroxylation is 1. The third-order valence-electron chi connectivity index (χ3n) is 4.73. The number of hydrogen-bond donors (Lipinski definition) is 2. The van der Waals surface area contributed by atoms with Gasteiger partial charge in [0.1, 0.15) is 17.0 Å². The van der Waals surface area contributed by atoms with E-state index in [9.17, 15) is 0 Å². The number of fused-ring (bicyclic) bond motifs is 1. The first-order chi connectivity index (χ1) is 11.1. The van der Waals surface area contributed by atoms with E-state index in [0.29, 0.717) is 5.96 Å². The van der Waals surface area contributed by atoms with Gasteiger partial charge in [-0.2, -0.15) is 4.99 Å². The van der Waals surface area contributed by atoms with Crippen molar-refractivity contribution < 1.29 is 4.42 Å². The third-order valence-corrected chi connectivity index (χ3v) is 4.73. The molecule has 23 heavy (non-hydrogen) atoms. The van der Waals surface area contributed by atoms with Crippen molar-refractivity contribution in [3.8, 4) is 0 Å². The summed E-state index contributed by atoms with van der Waals surface area (Å²) < 4.78 is 5.66. The van der Waals surface area contributed by atoms with Crippen molar-refractivity contribution in [3.05, 3.63) is 30.0 Å². The molecule has 2 aliphatic rings. The van der Waals surface area contributed by atoms with Gasteiger partial charge >= 0.3 is 0 Å². The second-order valence-corrected chi connectivity index (χ2v) is 6.40. The molecule has 0 unspecified atom stereocenters. The monoisotopic (exact) mass is 311 g/mol. The van der Waals surface area contributed by atoms with Crippen molar-refractivity contribution in [1.82, 2.24) is 0 Å². The molecule has 120 valence electrons. The van der Waals surface area contributed by atoms with Gasteiger partial charge in [-0.1, -0.05) is 6.42 Å². The van der Waals surface area contributed by atoms with Crippen LogP contribution in [0.3, 0.4) is 0 Å². The summed E-state index contributed by atoms with van der Waals surface area (Å²) in [6.45, 7) is 1.95. The lowest BCUT2D eigenvalue weighted by Gasteiger charge is -2.45. The van der Waals surface area contributed by atoms with Crippen molar-refractivity contribution in [2.75, 3.05) is 4.90 Å². The largest absolute Gasteiger partial charge is 0.461 e. The zero-order valence-electron chi connectivity index (χ0n) is 13.2. The Morgan fingerprint density at radius 1 is 1.13 bits per heavy atom. The summed E-state index contributed by atoms with van der Waals surface area (Å²) in [6.07, 6.45) is 5.34. The fourth-order valence-electron chi connectivity index (χ4n) is 3.80. The van der Waals surface area contributed by atoms with Crippen LogP contribution in [-0.2, 0) is 0 Å². The summed E-state index contributed by atoms with van der Waals surface area (Å²) in [6, 6.07) is 8.10. The second-order valence-electron chi connectivity index (χ2n) is 6.40. The molecule has 1 aromatic heterocycles. The number of nitrogens with zero attached hydrogens (tertiary/aromatic N) is 3. The minimum absolute atomic E-state index is 0.279. The Labute approximate surface area is 134 Å². The molecular formula is C17H21N5O. The Hall–Kier alpha value is -2.50. The van der Waals surface area contributed by atoms with Gasteiger partial charge in [0.05, 0.1) is 0 Å². The maximum Gasteiger partial charge on any atom is 0.220 e. The van der Waals surface area contributed by atoms with Gasteiger partial charge in [0.15, 0.2) is 0 Å². The van der Waals surface area contributed by atoms with Crippen LogP contribution in [0.25, 0.3) is 11.0 Å². The lowest BCUT2D eigenvalue weighted by atomic mass is 9.87. The van der Waals surface area contributed by atoms with Gasteiger partial charge in [-0.3, -0.25) is 4.90 Å². The number of nitrogens with two attached hydrogens (primary N) is 2. The Bertz CT molecular complexity index is 813.